The summed E-state index contributed by atoms with van der Waals surface area (Å²) in [5.41, 5.74) is 15.4. The number of aromatic hydroxyl groups is 1. The number of phenols is 1. The Morgan fingerprint density at radius 2 is 1.39 bits per heavy atom. The lowest BCUT2D eigenvalue weighted by Crippen LogP contribution is -2.67. The number of nitrogens with one attached hydrogen (secondary N) is 5. The number of hydrogen-bond acceptors (Lipinski definition) is 13. The monoisotopic (exact) mass is 1050 g/mol. The van der Waals surface area contributed by atoms with Gasteiger partial charge in [-0.3, -0.25) is 33.6 Å². The Morgan fingerprint density at radius 1 is 0.789 bits per heavy atom. The topological polar surface area (TPSA) is 308 Å². The van der Waals surface area contributed by atoms with Crippen LogP contribution in [0.2, 0.25) is 0 Å². The normalized spacial score (nSPS) is 25.5. The molecule has 7 amide bonds. The molecule has 0 aromatic heterocycles. The van der Waals surface area contributed by atoms with Crippen molar-refractivity contribution in [2.75, 3.05) is 26.2 Å². The number of ether oxygens (including phenoxy) is 1. The summed E-state index contributed by atoms with van der Waals surface area (Å²) in [4.78, 5) is 101. The molecule has 0 saturated carbocycles. The summed E-state index contributed by atoms with van der Waals surface area (Å²) in [6, 6.07) is 21.4. The third kappa shape index (κ3) is 14.3. The van der Waals surface area contributed by atoms with Crippen molar-refractivity contribution in [3.8, 4) is 33.8 Å². The first-order valence-corrected chi connectivity index (χ1v) is 26.1. The maximum atomic E-state index is 14.4. The van der Waals surface area contributed by atoms with Gasteiger partial charge in [-0.2, -0.15) is 0 Å². The molecule has 3 aliphatic rings. The third-order valence-electron chi connectivity index (χ3n) is 14.1. The van der Waals surface area contributed by atoms with Gasteiger partial charge in [0, 0.05) is 37.7 Å². The van der Waals surface area contributed by atoms with E-state index in [1.807, 2.05) is 48.5 Å². The fourth-order valence-electron chi connectivity index (χ4n) is 9.77. The molecule has 0 radical (unpaired) electrons. The summed E-state index contributed by atoms with van der Waals surface area (Å²) in [7, 11) is 0. The number of hydrogen-bond donors (Lipinski definition) is 10. The standard InChI is InChI=1S/C56H71N9O11/c1-4-5-6-28-76-43-24-20-38(21-25-43)36-14-12-35(13-15-36)37-16-18-39(19-17-37)49(69)60-44-8-7-27-59-52(72)46-29-40(57)31-65(46)55(75)56(3,58)63-51(71)45(26-11-34-9-22-41(67)23-10-34)61-53(73)47-30-42(68)32-64(47)54(74)48(33(2)66)62-50(44)70/h9-10,12-25,33,40,42,44-48,66-68H,4-8,11,26-32,57-58H2,1-3H3,(H,59,72)(H,60,69)(H,61,73)(H,62,70)(H,63,71)/t33-,40?,42-,44?,45?,46?,47?,48?,56+/m1/s1. The van der Waals surface area contributed by atoms with Crippen molar-refractivity contribution in [3.05, 3.63) is 108 Å². The molecule has 12 N–H and O–H groups in total. The second-order valence-corrected chi connectivity index (χ2v) is 20.2. The largest absolute Gasteiger partial charge is 0.508 e. The smallest absolute Gasteiger partial charge is 0.263 e. The molecule has 6 unspecified atom stereocenters. The van der Waals surface area contributed by atoms with Gasteiger partial charge in [0.1, 0.15) is 41.7 Å². The summed E-state index contributed by atoms with van der Waals surface area (Å²) >= 11 is 0. The van der Waals surface area contributed by atoms with Crippen LogP contribution in [0.3, 0.4) is 0 Å². The molecule has 406 valence electrons. The Hall–Kier alpha value is -7.39. The van der Waals surface area contributed by atoms with Crippen molar-refractivity contribution in [2.45, 2.75) is 133 Å². The van der Waals surface area contributed by atoms with Crippen LogP contribution in [0.25, 0.3) is 22.3 Å². The first-order valence-electron chi connectivity index (χ1n) is 26.1. The van der Waals surface area contributed by atoms with Gasteiger partial charge in [-0.1, -0.05) is 80.4 Å². The molecule has 0 bridgehead atoms. The highest BCUT2D eigenvalue weighted by Crippen LogP contribution is 2.28. The molecule has 0 spiro atoms. The lowest BCUT2D eigenvalue weighted by Gasteiger charge is -2.34. The van der Waals surface area contributed by atoms with Crippen LogP contribution >= 0.6 is 0 Å². The number of benzene rings is 4. The maximum absolute atomic E-state index is 14.4. The Labute approximate surface area is 442 Å². The number of nitrogens with zero attached hydrogens (tertiary/aromatic N) is 2. The van der Waals surface area contributed by atoms with Crippen molar-refractivity contribution in [1.29, 1.82) is 0 Å². The lowest BCUT2D eigenvalue weighted by atomic mass is 9.99. The highest BCUT2D eigenvalue weighted by atomic mass is 16.5. The number of nitrogens with two attached hydrogens (primary N) is 2. The molecule has 0 aliphatic carbocycles. The fraction of sp³-hybridized carbons (Fsp3) is 0.446. The van der Waals surface area contributed by atoms with E-state index < -0.39 is 95.5 Å². The molecule has 7 rings (SSSR count). The van der Waals surface area contributed by atoms with E-state index in [0.717, 1.165) is 52.2 Å². The Balaban J connectivity index is 1.10. The number of aliphatic hydroxyl groups excluding tert-OH is 2. The van der Waals surface area contributed by atoms with E-state index in [9.17, 15) is 48.9 Å². The minimum atomic E-state index is -2.11. The number of carbonyl (C=O) groups excluding carboxylic acids is 7. The van der Waals surface area contributed by atoms with Crippen LogP contribution in [-0.4, -0.2) is 147 Å². The number of amides is 7. The highest BCUT2D eigenvalue weighted by molar-refractivity contribution is 6.00. The van der Waals surface area contributed by atoms with Gasteiger partial charge in [-0.15, -0.1) is 0 Å². The number of fused-ring (bicyclic) bond motifs is 2. The van der Waals surface area contributed by atoms with Crippen molar-refractivity contribution in [3.63, 3.8) is 0 Å². The van der Waals surface area contributed by atoms with E-state index in [1.54, 1.807) is 36.4 Å². The number of carbonyl (C=O) groups is 7. The predicted molar refractivity (Wildman–Crippen MR) is 283 cm³/mol. The van der Waals surface area contributed by atoms with Crippen molar-refractivity contribution in [2.24, 2.45) is 11.5 Å². The van der Waals surface area contributed by atoms with Gasteiger partial charge in [0.05, 0.1) is 18.8 Å². The first kappa shape index (κ1) is 56.3. The third-order valence-corrected chi connectivity index (χ3v) is 14.1. The molecule has 9 atom stereocenters. The van der Waals surface area contributed by atoms with Gasteiger partial charge >= 0.3 is 0 Å². The molecule has 76 heavy (non-hydrogen) atoms. The summed E-state index contributed by atoms with van der Waals surface area (Å²) in [6.45, 7) is 4.89. The maximum Gasteiger partial charge on any atom is 0.263 e. The van der Waals surface area contributed by atoms with Gasteiger partial charge in [0.15, 0.2) is 5.66 Å². The van der Waals surface area contributed by atoms with Gasteiger partial charge in [0.25, 0.3) is 11.8 Å². The molecule has 3 aliphatic heterocycles. The molecule has 3 heterocycles. The predicted octanol–water partition coefficient (Wildman–Crippen LogP) is 1.97. The molecule has 20 nitrogen and oxygen atoms in total. The molecule has 4 aromatic rings. The molecule has 4 aromatic carbocycles. The quantitative estimate of drug-likeness (QED) is 0.0858. The van der Waals surface area contributed by atoms with Crippen LogP contribution in [0.1, 0.15) is 88.1 Å². The van der Waals surface area contributed by atoms with Crippen LogP contribution in [0, 0.1) is 0 Å². The van der Waals surface area contributed by atoms with Gasteiger partial charge < -0.3 is 67.9 Å². The van der Waals surface area contributed by atoms with E-state index in [4.69, 9.17) is 16.2 Å². The van der Waals surface area contributed by atoms with Crippen LogP contribution in [-0.2, 0) is 35.2 Å². The Kier molecular flexibility index (Phi) is 18.9. The van der Waals surface area contributed by atoms with Crippen molar-refractivity contribution < 1.29 is 53.6 Å². The summed E-state index contributed by atoms with van der Waals surface area (Å²) in [5.74, 6) is -4.71. The Bertz CT molecular complexity index is 2680. The van der Waals surface area contributed by atoms with Crippen LogP contribution < -0.4 is 42.8 Å². The van der Waals surface area contributed by atoms with Crippen molar-refractivity contribution >= 4 is 41.4 Å². The second kappa shape index (κ2) is 25.4. The van der Waals surface area contributed by atoms with E-state index in [-0.39, 0.29) is 69.5 Å². The Morgan fingerprint density at radius 3 is 2.01 bits per heavy atom. The zero-order chi connectivity index (χ0) is 54.7. The van der Waals surface area contributed by atoms with Gasteiger partial charge in [0.2, 0.25) is 29.5 Å². The molecular weight excluding hydrogens is 975 g/mol. The highest BCUT2D eigenvalue weighted by Gasteiger charge is 2.47. The minimum Gasteiger partial charge on any atom is -0.508 e. The lowest BCUT2D eigenvalue weighted by molar-refractivity contribution is -0.146. The van der Waals surface area contributed by atoms with Gasteiger partial charge in [-0.05, 0) is 117 Å². The minimum absolute atomic E-state index is 0.0116. The van der Waals surface area contributed by atoms with Crippen LogP contribution in [0.15, 0.2) is 97.1 Å². The number of unbranched alkanes of at least 4 members (excludes halogenated alkanes) is 2. The fourth-order valence-corrected chi connectivity index (χ4v) is 9.77. The van der Waals surface area contributed by atoms with Crippen molar-refractivity contribution in [1.82, 2.24) is 36.4 Å². The number of rotatable bonds is 13. The second-order valence-electron chi connectivity index (χ2n) is 20.2. The zero-order valence-corrected chi connectivity index (χ0v) is 43.2. The SMILES string of the molecule is CCCCCOc1ccc(-c2ccc(-c3ccc(C(=O)NC4CCCNC(=O)C5CC(N)CN5C(=O)[C@@](C)(N)NC(=O)C(CCc5ccc(O)cc5)NC(=O)C5C[C@@H](O)CN5C(=O)C([C@@H](C)O)NC4=O)cc3)cc2)cc1. The molecule has 3 fully saturated rings. The summed E-state index contributed by atoms with van der Waals surface area (Å²) < 4.78 is 5.86. The van der Waals surface area contributed by atoms with E-state index in [2.05, 4.69) is 33.5 Å². The zero-order valence-electron chi connectivity index (χ0n) is 43.2. The average molecular weight is 1050 g/mol. The molecular formula is C56H71N9O11. The van der Waals surface area contributed by atoms with E-state index in [1.165, 1.54) is 30.9 Å². The summed E-state index contributed by atoms with van der Waals surface area (Å²) in [6.07, 6.45) is 0.480. The van der Waals surface area contributed by atoms with Gasteiger partial charge in [-0.25, -0.2) is 0 Å². The summed E-state index contributed by atoms with van der Waals surface area (Å²) in [5, 5.41) is 45.0. The average Bonchev–Trinajstić information content (AvgIpc) is 4.01. The molecule has 3 saturated heterocycles. The number of aryl methyl sites for hydroxylation is 1. The number of phenolic OH excluding ortho intramolecular Hbond substituents is 1. The molecule has 20 heteroatoms. The van der Waals surface area contributed by atoms with E-state index >= 15 is 0 Å². The number of aliphatic hydroxyl groups is 2. The van der Waals surface area contributed by atoms with Crippen LogP contribution in [0.4, 0.5) is 0 Å². The first-order chi connectivity index (χ1) is 36.3. The van der Waals surface area contributed by atoms with Crippen LogP contribution in [0.5, 0.6) is 11.5 Å². The van der Waals surface area contributed by atoms with E-state index in [0.29, 0.717) is 12.2 Å².